The van der Waals surface area contributed by atoms with Gasteiger partial charge in [-0.15, -0.1) is 0 Å². The van der Waals surface area contributed by atoms with Crippen molar-refractivity contribution < 1.29 is 14.9 Å². The van der Waals surface area contributed by atoms with Gasteiger partial charge in [0.05, 0.1) is 19.3 Å². The lowest BCUT2D eigenvalue weighted by atomic mass is 10.0. The van der Waals surface area contributed by atoms with Crippen LogP contribution in [0.4, 0.5) is 0 Å². The van der Waals surface area contributed by atoms with Gasteiger partial charge in [0.1, 0.15) is 5.60 Å². The van der Waals surface area contributed by atoms with Gasteiger partial charge in [-0.1, -0.05) is 12.2 Å². The van der Waals surface area contributed by atoms with E-state index >= 15 is 0 Å². The smallest absolute Gasteiger partial charge is 0.121 e. The molecule has 0 aromatic heterocycles. The topological polar surface area (TPSA) is 49.7 Å². The summed E-state index contributed by atoms with van der Waals surface area (Å²) >= 11 is 0. The Morgan fingerprint density at radius 3 is 2.73 bits per heavy atom. The molecule has 0 aromatic carbocycles. The summed E-state index contributed by atoms with van der Waals surface area (Å²) in [5.41, 5.74) is 0.305. The molecule has 3 atom stereocenters. The summed E-state index contributed by atoms with van der Waals surface area (Å²) in [5, 5.41) is 18.6. The minimum absolute atomic E-state index is 0.0575. The van der Waals surface area contributed by atoms with Gasteiger partial charge in [0.25, 0.3) is 0 Å². The van der Waals surface area contributed by atoms with Crippen LogP contribution in [0.5, 0.6) is 0 Å². The zero-order chi connectivity index (χ0) is 8.06. The molecule has 1 saturated heterocycles. The van der Waals surface area contributed by atoms with Crippen molar-refractivity contribution in [1.82, 2.24) is 0 Å². The van der Waals surface area contributed by atoms with Crippen molar-refractivity contribution in [3.05, 3.63) is 12.2 Å². The van der Waals surface area contributed by atoms with E-state index in [2.05, 4.69) is 6.58 Å². The first-order chi connectivity index (χ1) is 5.19. The first-order valence-electron chi connectivity index (χ1n) is 3.80. The standard InChI is InChI=1S/C8H12O3/c1-5-2-8(4-9)7(10)6(5)3-11-8/h6-7,9-10H,1-4H2/t6-,7+,8-/m0/s1. The molecule has 3 nitrogen and oxygen atoms in total. The first-order valence-corrected chi connectivity index (χ1v) is 3.80. The maximum atomic E-state index is 9.60. The monoisotopic (exact) mass is 156 g/mol. The van der Waals surface area contributed by atoms with Crippen LogP contribution in [-0.2, 0) is 4.74 Å². The van der Waals surface area contributed by atoms with Crippen molar-refractivity contribution in [3.63, 3.8) is 0 Å². The molecule has 2 bridgehead atoms. The second-order valence-electron chi connectivity index (χ2n) is 3.42. The van der Waals surface area contributed by atoms with Gasteiger partial charge in [-0.3, -0.25) is 0 Å². The largest absolute Gasteiger partial charge is 0.393 e. The van der Waals surface area contributed by atoms with Crippen LogP contribution < -0.4 is 0 Å². The molecule has 0 aromatic rings. The van der Waals surface area contributed by atoms with Gasteiger partial charge in [-0.05, 0) is 0 Å². The number of ether oxygens (including phenoxy) is 1. The molecule has 2 fully saturated rings. The predicted octanol–water partition coefficient (Wildman–Crippen LogP) is -0.315. The fourth-order valence-corrected chi connectivity index (χ4v) is 2.01. The third kappa shape index (κ3) is 0.732. The molecule has 0 spiro atoms. The van der Waals surface area contributed by atoms with Gasteiger partial charge in [0.15, 0.2) is 0 Å². The summed E-state index contributed by atoms with van der Waals surface area (Å²) in [4.78, 5) is 0. The van der Waals surface area contributed by atoms with Crippen molar-refractivity contribution in [3.8, 4) is 0 Å². The Hall–Kier alpha value is -0.380. The highest BCUT2D eigenvalue weighted by Gasteiger charge is 2.56. The number of hydrogen-bond donors (Lipinski definition) is 2. The normalized spacial score (nSPS) is 48.7. The maximum absolute atomic E-state index is 9.60. The van der Waals surface area contributed by atoms with Crippen LogP contribution in [0, 0.1) is 5.92 Å². The van der Waals surface area contributed by atoms with Crippen LogP contribution in [0.25, 0.3) is 0 Å². The van der Waals surface area contributed by atoms with Gasteiger partial charge in [-0.2, -0.15) is 0 Å². The molecule has 0 amide bonds. The molecule has 2 rings (SSSR count). The lowest BCUT2D eigenvalue weighted by molar-refractivity contribution is -0.0843. The van der Waals surface area contributed by atoms with Crippen LogP contribution in [-0.4, -0.2) is 35.1 Å². The lowest BCUT2D eigenvalue weighted by Crippen LogP contribution is -2.40. The van der Waals surface area contributed by atoms with Gasteiger partial charge in [-0.25, -0.2) is 0 Å². The van der Waals surface area contributed by atoms with E-state index in [4.69, 9.17) is 9.84 Å². The molecule has 0 radical (unpaired) electrons. The van der Waals surface area contributed by atoms with Gasteiger partial charge < -0.3 is 14.9 Å². The number of aliphatic hydroxyl groups is 2. The predicted molar refractivity (Wildman–Crippen MR) is 39.0 cm³/mol. The third-order valence-corrected chi connectivity index (χ3v) is 2.79. The molecule has 0 unspecified atom stereocenters. The Morgan fingerprint density at radius 2 is 2.45 bits per heavy atom. The molecule has 11 heavy (non-hydrogen) atoms. The van der Waals surface area contributed by atoms with Crippen molar-refractivity contribution in [2.75, 3.05) is 13.2 Å². The van der Waals surface area contributed by atoms with Crippen LogP contribution in [0.1, 0.15) is 6.42 Å². The zero-order valence-electron chi connectivity index (χ0n) is 6.29. The molecule has 1 aliphatic heterocycles. The van der Waals surface area contributed by atoms with Crippen LogP contribution in [0.15, 0.2) is 12.2 Å². The molecule has 2 N–H and O–H groups in total. The van der Waals surface area contributed by atoms with E-state index in [1.165, 1.54) is 0 Å². The SMILES string of the molecule is C=C1C[C@@]2(CO)OC[C@@H]1[C@H]2O. The lowest BCUT2D eigenvalue weighted by Gasteiger charge is -2.25. The molecule has 1 aliphatic carbocycles. The van der Waals surface area contributed by atoms with Crippen molar-refractivity contribution >= 4 is 0 Å². The summed E-state index contributed by atoms with van der Waals surface area (Å²) in [5.74, 6) is 0.0575. The molecule has 62 valence electrons. The average molecular weight is 156 g/mol. The number of rotatable bonds is 1. The highest BCUT2D eigenvalue weighted by Crippen LogP contribution is 2.46. The Balaban J connectivity index is 2.31. The highest BCUT2D eigenvalue weighted by molar-refractivity contribution is 5.23. The highest BCUT2D eigenvalue weighted by atomic mass is 16.5. The summed E-state index contributed by atoms with van der Waals surface area (Å²) in [6.45, 7) is 4.24. The van der Waals surface area contributed by atoms with E-state index in [0.717, 1.165) is 5.57 Å². The minimum Gasteiger partial charge on any atom is -0.393 e. The average Bonchev–Trinajstić information content (AvgIpc) is 2.42. The molecular weight excluding hydrogens is 144 g/mol. The Kier molecular flexibility index (Phi) is 1.36. The fourth-order valence-electron chi connectivity index (χ4n) is 2.01. The van der Waals surface area contributed by atoms with Crippen LogP contribution in [0.3, 0.4) is 0 Å². The summed E-state index contributed by atoms with van der Waals surface area (Å²) in [6.07, 6.45) is 0.0648. The Bertz CT molecular complexity index is 202. The number of aliphatic hydroxyl groups excluding tert-OH is 2. The van der Waals surface area contributed by atoms with Crippen LogP contribution >= 0.6 is 0 Å². The minimum atomic E-state index is -0.707. The van der Waals surface area contributed by atoms with E-state index in [0.29, 0.717) is 13.0 Å². The zero-order valence-corrected chi connectivity index (χ0v) is 6.29. The Labute approximate surface area is 65.3 Å². The molecule has 2 aliphatic rings. The van der Waals surface area contributed by atoms with E-state index < -0.39 is 11.7 Å². The fraction of sp³-hybridized carbons (Fsp3) is 0.750. The molecular formula is C8H12O3. The molecule has 3 heteroatoms. The van der Waals surface area contributed by atoms with Crippen molar-refractivity contribution in [1.29, 1.82) is 0 Å². The third-order valence-electron chi connectivity index (χ3n) is 2.79. The van der Waals surface area contributed by atoms with Crippen molar-refractivity contribution in [2.45, 2.75) is 18.1 Å². The number of hydrogen-bond acceptors (Lipinski definition) is 3. The molecule has 1 saturated carbocycles. The van der Waals surface area contributed by atoms with Crippen LogP contribution in [0.2, 0.25) is 0 Å². The Morgan fingerprint density at radius 1 is 1.73 bits per heavy atom. The summed E-state index contributed by atoms with van der Waals surface area (Å²) < 4.78 is 5.31. The first kappa shape index (κ1) is 7.28. The van der Waals surface area contributed by atoms with E-state index in [1.54, 1.807) is 0 Å². The van der Waals surface area contributed by atoms with Gasteiger partial charge in [0.2, 0.25) is 0 Å². The second-order valence-corrected chi connectivity index (χ2v) is 3.42. The number of fused-ring (bicyclic) bond motifs is 2. The van der Waals surface area contributed by atoms with Gasteiger partial charge in [0, 0.05) is 12.3 Å². The molecule has 1 heterocycles. The van der Waals surface area contributed by atoms with E-state index in [9.17, 15) is 5.11 Å². The van der Waals surface area contributed by atoms with E-state index in [-0.39, 0.29) is 12.5 Å². The van der Waals surface area contributed by atoms with E-state index in [1.807, 2.05) is 0 Å². The summed E-state index contributed by atoms with van der Waals surface area (Å²) in [6, 6.07) is 0. The van der Waals surface area contributed by atoms with Crippen molar-refractivity contribution in [2.24, 2.45) is 5.92 Å². The van der Waals surface area contributed by atoms with Gasteiger partial charge >= 0.3 is 0 Å². The second kappa shape index (κ2) is 2.06. The maximum Gasteiger partial charge on any atom is 0.121 e. The quantitative estimate of drug-likeness (QED) is 0.512. The summed E-state index contributed by atoms with van der Waals surface area (Å²) in [7, 11) is 0.